The number of carbonyl (C=O) groups is 3. The van der Waals surface area contributed by atoms with Crippen molar-refractivity contribution >= 4 is 17.8 Å². The van der Waals surface area contributed by atoms with Gasteiger partial charge in [-0.3, -0.25) is 9.69 Å². The molecule has 4 rings (SSSR count). The number of halogens is 6. The van der Waals surface area contributed by atoms with Gasteiger partial charge < -0.3 is 29.6 Å². The van der Waals surface area contributed by atoms with Gasteiger partial charge in [0.25, 0.3) is 5.91 Å². The van der Waals surface area contributed by atoms with Crippen LogP contribution in [0.15, 0.2) is 36.7 Å². The number of aromatic nitrogens is 2. The smallest absolute Gasteiger partial charge is 0.490 e. The topological polar surface area (TPSA) is 143 Å². The molecule has 11 nitrogen and oxygen atoms in total. The molecule has 0 aliphatic carbocycles. The van der Waals surface area contributed by atoms with Gasteiger partial charge in [-0.15, -0.1) is 0 Å². The summed E-state index contributed by atoms with van der Waals surface area (Å²) in [4.78, 5) is 37.6. The molecular weight excluding hydrogens is 606 g/mol. The molecule has 0 radical (unpaired) electrons. The van der Waals surface area contributed by atoms with E-state index in [-0.39, 0.29) is 5.91 Å². The summed E-state index contributed by atoms with van der Waals surface area (Å²) >= 11 is 0. The molecule has 0 bridgehead atoms. The van der Waals surface area contributed by atoms with Gasteiger partial charge in [-0.25, -0.2) is 14.6 Å². The standard InChI is InChI=1S/C23H32N4O3.2C2HF3O2/c1-17(2)14-25-21(28)20-16-27-13-10-24-22(27)23(30-20)8-11-26(12-9-23)15-18-4-6-19(29-3)7-5-18;2*3-2(4,5)1(6)7/h4-7,10,13,17,20H,8-9,11-12,14-16H2,1-3H3,(H,25,28);2*(H,6,7). The lowest BCUT2D eigenvalue weighted by Gasteiger charge is -2.45. The number of amides is 1. The molecule has 44 heavy (non-hydrogen) atoms. The number of piperidine rings is 1. The van der Waals surface area contributed by atoms with Gasteiger partial charge in [0.2, 0.25) is 0 Å². The molecule has 1 atom stereocenters. The van der Waals surface area contributed by atoms with Gasteiger partial charge >= 0.3 is 24.3 Å². The van der Waals surface area contributed by atoms with Gasteiger partial charge in [-0.1, -0.05) is 26.0 Å². The highest BCUT2D eigenvalue weighted by atomic mass is 19.4. The number of rotatable bonds is 6. The first-order valence-electron chi connectivity index (χ1n) is 13.3. The van der Waals surface area contributed by atoms with E-state index in [1.165, 1.54) is 5.56 Å². The first-order chi connectivity index (χ1) is 20.4. The molecular formula is C27H34F6N4O7. The maximum absolute atomic E-state index is 12.7. The number of ether oxygens (including phenoxy) is 2. The zero-order chi connectivity index (χ0) is 33.3. The van der Waals surface area contributed by atoms with E-state index in [1.54, 1.807) is 7.11 Å². The van der Waals surface area contributed by atoms with Crippen LogP contribution in [0.3, 0.4) is 0 Å². The Morgan fingerprint density at radius 2 is 1.57 bits per heavy atom. The zero-order valence-electron chi connectivity index (χ0n) is 24.1. The number of carbonyl (C=O) groups excluding carboxylic acids is 1. The minimum Gasteiger partial charge on any atom is -0.497 e. The Morgan fingerprint density at radius 3 is 2.02 bits per heavy atom. The number of carboxylic acids is 2. The van der Waals surface area contributed by atoms with Gasteiger partial charge in [-0.05, 0) is 36.5 Å². The van der Waals surface area contributed by atoms with Gasteiger partial charge in [-0.2, -0.15) is 26.3 Å². The number of methoxy groups -OCH3 is 1. The summed E-state index contributed by atoms with van der Waals surface area (Å²) in [6.07, 6.45) is -5.20. The van der Waals surface area contributed by atoms with Crippen LogP contribution in [0.2, 0.25) is 0 Å². The maximum atomic E-state index is 12.7. The first kappa shape index (κ1) is 36.3. The fraction of sp³-hybridized carbons (Fsp3) is 0.556. The lowest BCUT2D eigenvalue weighted by atomic mass is 9.88. The molecule has 246 valence electrons. The predicted molar refractivity (Wildman–Crippen MR) is 142 cm³/mol. The molecule has 1 fully saturated rings. The van der Waals surface area contributed by atoms with Crippen molar-refractivity contribution < 1.29 is 60.4 Å². The van der Waals surface area contributed by atoms with E-state index in [4.69, 9.17) is 29.3 Å². The summed E-state index contributed by atoms with van der Waals surface area (Å²) in [7, 11) is 1.68. The molecule has 2 aliphatic heterocycles. The van der Waals surface area contributed by atoms with E-state index in [0.717, 1.165) is 44.0 Å². The summed E-state index contributed by atoms with van der Waals surface area (Å²) < 4.78 is 77.3. The Morgan fingerprint density at radius 1 is 1.05 bits per heavy atom. The fourth-order valence-corrected chi connectivity index (χ4v) is 4.35. The summed E-state index contributed by atoms with van der Waals surface area (Å²) in [5, 5.41) is 17.3. The van der Waals surface area contributed by atoms with Gasteiger partial charge in [0.1, 0.15) is 17.2 Å². The van der Waals surface area contributed by atoms with Gasteiger partial charge in [0.05, 0.1) is 13.7 Å². The van der Waals surface area contributed by atoms with E-state index in [0.29, 0.717) is 19.0 Å². The number of alkyl halides is 6. The van der Waals surface area contributed by atoms with Crippen molar-refractivity contribution in [1.82, 2.24) is 19.8 Å². The third kappa shape index (κ3) is 10.7. The number of aliphatic carboxylic acids is 2. The average Bonchev–Trinajstić information content (AvgIpc) is 3.43. The molecule has 1 saturated heterocycles. The highest BCUT2D eigenvalue weighted by Crippen LogP contribution is 2.40. The molecule has 3 N–H and O–H groups in total. The second kappa shape index (κ2) is 15.2. The fourth-order valence-electron chi connectivity index (χ4n) is 4.35. The molecule has 2 aromatic rings. The predicted octanol–water partition coefficient (Wildman–Crippen LogP) is 3.82. The number of hydrogen-bond acceptors (Lipinski definition) is 7. The lowest BCUT2D eigenvalue weighted by Crippen LogP contribution is -2.54. The van der Waals surface area contributed by atoms with Crippen LogP contribution < -0.4 is 10.1 Å². The van der Waals surface area contributed by atoms with Crippen molar-refractivity contribution in [2.45, 2.75) is 63.8 Å². The van der Waals surface area contributed by atoms with Gasteiger partial charge in [0, 0.05) is 38.6 Å². The van der Waals surface area contributed by atoms with Crippen molar-refractivity contribution in [3.8, 4) is 5.75 Å². The second-order valence-corrected chi connectivity index (χ2v) is 10.4. The van der Waals surface area contributed by atoms with Crippen LogP contribution in [0.25, 0.3) is 0 Å². The minimum atomic E-state index is -5.08. The largest absolute Gasteiger partial charge is 0.497 e. The number of likely N-dealkylation sites (tertiary alicyclic amines) is 1. The third-order valence-corrected chi connectivity index (χ3v) is 6.54. The Bertz CT molecular complexity index is 1220. The summed E-state index contributed by atoms with van der Waals surface area (Å²) in [6.45, 7) is 8.08. The molecule has 0 saturated carbocycles. The van der Waals surface area contributed by atoms with Crippen molar-refractivity contribution in [3.05, 3.63) is 48.0 Å². The SMILES string of the molecule is COc1ccc(CN2CCC3(CC2)OC(C(=O)NCC(C)C)Cn2ccnc23)cc1.O=C(O)C(F)(F)F.O=C(O)C(F)(F)F. The molecule has 1 aromatic heterocycles. The molecule has 1 aromatic carbocycles. The van der Waals surface area contributed by atoms with Crippen molar-refractivity contribution in [2.75, 3.05) is 26.7 Å². The lowest BCUT2D eigenvalue weighted by molar-refractivity contribution is -0.193. The number of carboxylic acid groups (broad SMARTS) is 2. The number of hydrogen-bond donors (Lipinski definition) is 3. The number of fused-ring (bicyclic) bond motifs is 2. The summed E-state index contributed by atoms with van der Waals surface area (Å²) in [6, 6.07) is 8.23. The second-order valence-electron chi connectivity index (χ2n) is 10.4. The number of nitrogens with zero attached hydrogens (tertiary/aromatic N) is 3. The van der Waals surface area contributed by atoms with E-state index in [2.05, 4.69) is 45.7 Å². The van der Waals surface area contributed by atoms with E-state index < -0.39 is 36.0 Å². The molecule has 3 heterocycles. The van der Waals surface area contributed by atoms with Crippen LogP contribution in [0.5, 0.6) is 5.75 Å². The third-order valence-electron chi connectivity index (χ3n) is 6.54. The van der Waals surface area contributed by atoms with E-state index >= 15 is 0 Å². The Kier molecular flexibility index (Phi) is 12.6. The van der Waals surface area contributed by atoms with Crippen molar-refractivity contribution in [2.24, 2.45) is 5.92 Å². The number of imidazole rings is 1. The molecule has 1 amide bonds. The van der Waals surface area contributed by atoms with Crippen LogP contribution in [-0.2, 0) is 37.8 Å². The molecule has 1 unspecified atom stereocenters. The highest BCUT2D eigenvalue weighted by Gasteiger charge is 2.47. The number of benzene rings is 1. The average molecular weight is 641 g/mol. The van der Waals surface area contributed by atoms with E-state index in [9.17, 15) is 31.1 Å². The minimum absolute atomic E-state index is 0.0249. The Labute approximate surface area is 248 Å². The Balaban J connectivity index is 0.000000402. The highest BCUT2D eigenvalue weighted by molar-refractivity contribution is 5.81. The van der Waals surface area contributed by atoms with Crippen LogP contribution >= 0.6 is 0 Å². The normalized spacial score (nSPS) is 17.8. The van der Waals surface area contributed by atoms with Crippen LogP contribution in [0.4, 0.5) is 26.3 Å². The molecule has 17 heteroatoms. The monoisotopic (exact) mass is 640 g/mol. The molecule has 1 spiro atoms. The van der Waals surface area contributed by atoms with E-state index in [1.807, 2.05) is 24.5 Å². The van der Waals surface area contributed by atoms with Crippen molar-refractivity contribution in [1.29, 1.82) is 0 Å². The van der Waals surface area contributed by atoms with Crippen molar-refractivity contribution in [3.63, 3.8) is 0 Å². The first-order valence-corrected chi connectivity index (χ1v) is 13.3. The quantitative estimate of drug-likeness (QED) is 0.402. The summed E-state index contributed by atoms with van der Waals surface area (Å²) in [5.41, 5.74) is 0.779. The summed E-state index contributed by atoms with van der Waals surface area (Å²) in [5.74, 6) is -3.29. The maximum Gasteiger partial charge on any atom is 0.490 e. The Hall–Kier alpha value is -3.86. The zero-order valence-corrected chi connectivity index (χ0v) is 24.1. The molecule has 2 aliphatic rings. The van der Waals surface area contributed by atoms with Gasteiger partial charge in [0.15, 0.2) is 6.10 Å². The number of nitrogens with one attached hydrogen (secondary N) is 1. The van der Waals surface area contributed by atoms with Crippen LogP contribution in [-0.4, -0.2) is 87.7 Å². The van der Waals surface area contributed by atoms with Crippen LogP contribution in [0, 0.1) is 5.92 Å². The van der Waals surface area contributed by atoms with Crippen LogP contribution in [0.1, 0.15) is 38.1 Å².